The number of fused-ring (bicyclic) bond motifs is 2. The minimum absolute atomic E-state index is 0.0923. The van der Waals surface area contributed by atoms with E-state index in [4.69, 9.17) is 0 Å². The molecule has 5 nitrogen and oxygen atoms in total. The number of aryl methyl sites for hydroxylation is 2. The van der Waals surface area contributed by atoms with E-state index in [9.17, 15) is 17.6 Å². The summed E-state index contributed by atoms with van der Waals surface area (Å²) < 4.78 is 40.8. The van der Waals surface area contributed by atoms with Crippen molar-refractivity contribution in [1.29, 1.82) is 0 Å². The van der Waals surface area contributed by atoms with Crippen molar-refractivity contribution in [2.24, 2.45) is 0 Å². The molecule has 7 heteroatoms. The Bertz CT molecular complexity index is 1230. The number of nitrogens with one attached hydrogen (secondary N) is 1. The number of H-pyrrole nitrogens is 1. The molecule has 1 aliphatic heterocycles. The van der Waals surface area contributed by atoms with Gasteiger partial charge in [0, 0.05) is 24.2 Å². The molecular formula is C20H19FN2O3S. The van der Waals surface area contributed by atoms with Gasteiger partial charge in [0.2, 0.25) is 10.0 Å². The van der Waals surface area contributed by atoms with E-state index in [-0.39, 0.29) is 17.0 Å². The number of nitrogens with zero attached hydrogens (tertiary/aromatic N) is 1. The van der Waals surface area contributed by atoms with Gasteiger partial charge in [-0.25, -0.2) is 12.8 Å². The van der Waals surface area contributed by atoms with Crippen LogP contribution < -0.4 is 5.56 Å². The average Bonchev–Trinajstić information content (AvgIpc) is 2.63. The van der Waals surface area contributed by atoms with Gasteiger partial charge in [0.1, 0.15) is 5.82 Å². The van der Waals surface area contributed by atoms with Gasteiger partial charge in [0.15, 0.2) is 0 Å². The van der Waals surface area contributed by atoms with Crippen LogP contribution >= 0.6 is 0 Å². The van der Waals surface area contributed by atoms with Crippen molar-refractivity contribution in [3.63, 3.8) is 0 Å². The molecule has 0 saturated carbocycles. The maximum Gasteiger partial charge on any atom is 0.251 e. The summed E-state index contributed by atoms with van der Waals surface area (Å²) in [5.41, 5.74) is 3.44. The molecule has 1 aliphatic rings. The lowest BCUT2D eigenvalue weighted by Gasteiger charge is -2.28. The molecule has 2 aromatic carbocycles. The molecule has 0 aliphatic carbocycles. The Labute approximate surface area is 156 Å². The predicted molar refractivity (Wildman–Crippen MR) is 102 cm³/mol. The first-order chi connectivity index (χ1) is 12.8. The van der Waals surface area contributed by atoms with E-state index in [1.54, 1.807) is 13.8 Å². The molecule has 4 rings (SSSR count). The van der Waals surface area contributed by atoms with Crippen LogP contribution in [-0.4, -0.2) is 24.3 Å². The Morgan fingerprint density at radius 2 is 1.81 bits per heavy atom. The second-order valence-corrected chi connectivity index (χ2v) is 8.93. The second-order valence-electron chi connectivity index (χ2n) is 6.99. The van der Waals surface area contributed by atoms with E-state index in [0.29, 0.717) is 29.6 Å². The number of aromatic nitrogens is 1. The lowest BCUT2D eigenvalue weighted by Crippen LogP contribution is -2.36. The van der Waals surface area contributed by atoms with Gasteiger partial charge in [0.25, 0.3) is 5.56 Å². The van der Waals surface area contributed by atoms with Crippen molar-refractivity contribution in [3.8, 4) is 0 Å². The molecule has 0 unspecified atom stereocenters. The van der Waals surface area contributed by atoms with Gasteiger partial charge in [0.05, 0.1) is 4.90 Å². The van der Waals surface area contributed by atoms with Crippen LogP contribution in [0.5, 0.6) is 0 Å². The third-order valence-corrected chi connectivity index (χ3v) is 6.94. The number of rotatable bonds is 2. The van der Waals surface area contributed by atoms with E-state index >= 15 is 0 Å². The summed E-state index contributed by atoms with van der Waals surface area (Å²) in [5, 5.41) is 0.941. The van der Waals surface area contributed by atoms with E-state index < -0.39 is 15.8 Å². The van der Waals surface area contributed by atoms with Crippen LogP contribution in [0, 0.1) is 19.7 Å². The molecule has 0 atom stereocenters. The van der Waals surface area contributed by atoms with Gasteiger partial charge >= 0.3 is 0 Å². The lowest BCUT2D eigenvalue weighted by atomic mass is 9.98. The monoisotopic (exact) mass is 386 g/mol. The minimum atomic E-state index is -3.72. The fourth-order valence-electron chi connectivity index (χ4n) is 3.48. The predicted octanol–water partition coefficient (Wildman–Crippen LogP) is 3.03. The quantitative estimate of drug-likeness (QED) is 0.736. The molecule has 0 amide bonds. The lowest BCUT2D eigenvalue weighted by molar-refractivity contribution is 0.391. The molecule has 3 aromatic rings. The van der Waals surface area contributed by atoms with Crippen LogP contribution in [0.1, 0.15) is 22.3 Å². The number of halogens is 1. The second kappa shape index (κ2) is 6.28. The number of pyridine rings is 1. The number of hydrogen-bond acceptors (Lipinski definition) is 3. The van der Waals surface area contributed by atoms with Crippen molar-refractivity contribution in [3.05, 3.63) is 74.8 Å². The summed E-state index contributed by atoms with van der Waals surface area (Å²) >= 11 is 0. The van der Waals surface area contributed by atoms with Crippen LogP contribution in [-0.2, 0) is 23.0 Å². The fraction of sp³-hybridized carbons (Fsp3) is 0.250. The molecule has 1 aromatic heterocycles. The highest BCUT2D eigenvalue weighted by molar-refractivity contribution is 7.89. The van der Waals surface area contributed by atoms with Gasteiger partial charge in [-0.2, -0.15) is 4.31 Å². The van der Waals surface area contributed by atoms with E-state index in [2.05, 4.69) is 4.98 Å². The Morgan fingerprint density at radius 3 is 2.56 bits per heavy atom. The summed E-state index contributed by atoms with van der Waals surface area (Å²) in [5.74, 6) is -0.427. The molecule has 0 spiro atoms. The smallest absolute Gasteiger partial charge is 0.251 e. The Hall–Kier alpha value is -2.51. The first-order valence-corrected chi connectivity index (χ1v) is 10.1. The topological polar surface area (TPSA) is 70.2 Å². The van der Waals surface area contributed by atoms with E-state index in [1.807, 2.05) is 18.2 Å². The minimum Gasteiger partial charge on any atom is -0.322 e. The van der Waals surface area contributed by atoms with Crippen LogP contribution in [0.2, 0.25) is 0 Å². The van der Waals surface area contributed by atoms with E-state index in [0.717, 1.165) is 16.5 Å². The maximum atomic E-state index is 13.5. The van der Waals surface area contributed by atoms with Crippen LogP contribution in [0.3, 0.4) is 0 Å². The van der Waals surface area contributed by atoms with Gasteiger partial charge in [-0.1, -0.05) is 0 Å². The van der Waals surface area contributed by atoms with Crippen LogP contribution in [0.15, 0.2) is 46.1 Å². The van der Waals surface area contributed by atoms with Gasteiger partial charge in [-0.05, 0) is 78.7 Å². The van der Waals surface area contributed by atoms with Crippen molar-refractivity contribution in [1.82, 2.24) is 9.29 Å². The summed E-state index contributed by atoms with van der Waals surface area (Å²) in [6.45, 7) is 3.89. The SMILES string of the molecule is Cc1cc(S(=O)(=O)N2CCc3cc4cc(C)c(=O)[nH]c4cc3C2)ccc1F. The number of benzene rings is 2. The van der Waals surface area contributed by atoms with Crippen LogP contribution in [0.4, 0.5) is 4.39 Å². The third kappa shape index (κ3) is 3.07. The maximum absolute atomic E-state index is 13.5. The Balaban J connectivity index is 1.73. The summed E-state index contributed by atoms with van der Waals surface area (Å²) in [6, 6.07) is 9.55. The third-order valence-electron chi connectivity index (χ3n) is 5.09. The fourth-order valence-corrected chi connectivity index (χ4v) is 4.99. The van der Waals surface area contributed by atoms with Crippen molar-refractivity contribution in [2.45, 2.75) is 31.7 Å². The zero-order valence-corrected chi connectivity index (χ0v) is 15.9. The highest BCUT2D eigenvalue weighted by Gasteiger charge is 2.29. The molecule has 0 bridgehead atoms. The molecule has 1 N–H and O–H groups in total. The average molecular weight is 386 g/mol. The summed E-state index contributed by atoms with van der Waals surface area (Å²) in [4.78, 5) is 14.8. The van der Waals surface area contributed by atoms with Gasteiger partial charge in [-0.15, -0.1) is 0 Å². The first kappa shape index (κ1) is 17.9. The van der Waals surface area contributed by atoms with Crippen molar-refractivity contribution < 1.29 is 12.8 Å². The highest BCUT2D eigenvalue weighted by atomic mass is 32.2. The molecule has 0 fully saturated rings. The highest BCUT2D eigenvalue weighted by Crippen LogP contribution is 2.28. The molecule has 0 radical (unpaired) electrons. The number of aromatic amines is 1. The zero-order chi connectivity index (χ0) is 19.3. The molecule has 2 heterocycles. The Kier molecular flexibility index (Phi) is 4.16. The summed E-state index contributed by atoms with van der Waals surface area (Å²) in [6.07, 6.45) is 0.586. The summed E-state index contributed by atoms with van der Waals surface area (Å²) in [7, 11) is -3.72. The van der Waals surface area contributed by atoms with Gasteiger partial charge < -0.3 is 4.98 Å². The van der Waals surface area contributed by atoms with Crippen molar-refractivity contribution >= 4 is 20.9 Å². The van der Waals surface area contributed by atoms with Gasteiger partial charge in [-0.3, -0.25) is 4.79 Å². The zero-order valence-electron chi connectivity index (χ0n) is 15.0. The molecule has 140 valence electrons. The largest absolute Gasteiger partial charge is 0.322 e. The standard InChI is InChI=1S/C20H19FN2O3S/c1-12-8-17(3-4-18(12)21)27(25,26)23-6-5-14-9-15-7-13(2)20(24)22-19(15)10-16(14)11-23/h3-4,7-10H,5-6,11H2,1-2H3,(H,22,24). The molecule has 0 saturated heterocycles. The first-order valence-electron chi connectivity index (χ1n) is 8.67. The van der Waals surface area contributed by atoms with Crippen LogP contribution in [0.25, 0.3) is 10.9 Å². The Morgan fingerprint density at radius 1 is 1.04 bits per heavy atom. The normalized spacial score (nSPS) is 15.1. The number of hydrogen-bond donors (Lipinski definition) is 1. The number of sulfonamides is 1. The molecular weight excluding hydrogens is 367 g/mol. The van der Waals surface area contributed by atoms with Crippen molar-refractivity contribution in [2.75, 3.05) is 6.54 Å². The molecule has 27 heavy (non-hydrogen) atoms. The van der Waals surface area contributed by atoms with E-state index in [1.165, 1.54) is 22.5 Å².